The average molecular weight is 434 g/mol. The Morgan fingerprint density at radius 3 is 2.34 bits per heavy atom. The van der Waals surface area contributed by atoms with E-state index in [0.717, 1.165) is 36.5 Å². The fourth-order valence-electron chi connectivity index (χ4n) is 4.05. The molecule has 0 unspecified atom stereocenters. The number of aromatic nitrogens is 1. The van der Waals surface area contributed by atoms with Gasteiger partial charge in [-0.2, -0.15) is 0 Å². The largest absolute Gasteiger partial charge is 0.488 e. The third-order valence-corrected chi connectivity index (χ3v) is 6.08. The average Bonchev–Trinajstić information content (AvgIpc) is 3.15. The minimum Gasteiger partial charge on any atom is -0.488 e. The Morgan fingerprint density at radius 1 is 0.969 bits per heavy atom. The van der Waals surface area contributed by atoms with Crippen LogP contribution in [0.4, 0.5) is 0 Å². The number of aryl methyl sites for hydroxylation is 4. The van der Waals surface area contributed by atoms with E-state index in [0.29, 0.717) is 24.5 Å². The van der Waals surface area contributed by atoms with Gasteiger partial charge < -0.3 is 14.2 Å². The monoisotopic (exact) mass is 433 g/mol. The minimum atomic E-state index is -0.0870. The number of hydrogen-bond acceptors (Lipinski definition) is 5. The van der Waals surface area contributed by atoms with Crippen molar-refractivity contribution in [2.75, 3.05) is 26.2 Å². The number of amides is 1. The van der Waals surface area contributed by atoms with E-state index in [9.17, 15) is 4.79 Å². The van der Waals surface area contributed by atoms with Gasteiger partial charge in [0.25, 0.3) is 5.91 Å². The number of carbonyl (C=O) groups is 1. The van der Waals surface area contributed by atoms with Crippen molar-refractivity contribution in [2.24, 2.45) is 0 Å². The molecule has 0 N–H and O–H groups in total. The number of carbonyl (C=O) groups excluding carboxylic acids is 1. The molecule has 4 rings (SSSR count). The van der Waals surface area contributed by atoms with E-state index in [2.05, 4.69) is 54.2 Å². The second-order valence-corrected chi connectivity index (χ2v) is 8.68. The third kappa shape index (κ3) is 5.02. The van der Waals surface area contributed by atoms with Crippen LogP contribution >= 0.6 is 0 Å². The molecule has 2 aromatic carbocycles. The number of ether oxygens (including phenoxy) is 1. The highest BCUT2D eigenvalue weighted by molar-refractivity contribution is 5.93. The second-order valence-electron chi connectivity index (χ2n) is 8.68. The van der Waals surface area contributed by atoms with Crippen molar-refractivity contribution in [2.45, 2.75) is 40.8 Å². The molecule has 2 heterocycles. The molecule has 6 heteroatoms. The normalized spacial score (nSPS) is 14.6. The quantitative estimate of drug-likeness (QED) is 0.575. The predicted octanol–water partition coefficient (Wildman–Crippen LogP) is 4.45. The summed E-state index contributed by atoms with van der Waals surface area (Å²) in [6, 6.07) is 14.7. The van der Waals surface area contributed by atoms with E-state index < -0.39 is 0 Å². The predicted molar refractivity (Wildman–Crippen MR) is 124 cm³/mol. The van der Waals surface area contributed by atoms with Gasteiger partial charge in [0.05, 0.1) is 5.56 Å². The first-order valence-corrected chi connectivity index (χ1v) is 11.1. The molecular weight excluding hydrogens is 402 g/mol. The molecule has 1 aromatic heterocycles. The highest BCUT2D eigenvalue weighted by Crippen LogP contribution is 2.23. The molecule has 0 spiro atoms. The van der Waals surface area contributed by atoms with Crippen molar-refractivity contribution >= 4 is 5.91 Å². The van der Waals surface area contributed by atoms with Gasteiger partial charge in [-0.3, -0.25) is 9.69 Å². The van der Waals surface area contributed by atoms with E-state index in [1.54, 1.807) is 0 Å². The van der Waals surface area contributed by atoms with E-state index in [1.165, 1.54) is 16.7 Å². The molecule has 168 valence electrons. The van der Waals surface area contributed by atoms with Gasteiger partial charge in [0.15, 0.2) is 5.69 Å². The fraction of sp³-hybridized carbons (Fsp3) is 0.385. The van der Waals surface area contributed by atoms with Crippen LogP contribution in [0.1, 0.15) is 44.1 Å². The first-order chi connectivity index (χ1) is 15.4. The summed E-state index contributed by atoms with van der Waals surface area (Å²) in [6.45, 7) is 12.2. The molecule has 1 aliphatic heterocycles. The van der Waals surface area contributed by atoms with Gasteiger partial charge in [-0.15, -0.1) is 0 Å². The van der Waals surface area contributed by atoms with Crippen LogP contribution in [-0.2, 0) is 13.2 Å². The highest BCUT2D eigenvalue weighted by Gasteiger charge is 2.28. The highest BCUT2D eigenvalue weighted by atomic mass is 16.5. The number of piperazine rings is 1. The standard InChI is InChI=1S/C26H31N3O3/c1-18-5-8-22(9-6-18)16-28-11-13-29(14-12-28)26(30)25-23(21(4)32-27-25)17-31-24-10-7-19(2)15-20(24)3/h5-10,15H,11-14,16-17H2,1-4H3. The van der Waals surface area contributed by atoms with Crippen LogP contribution in [0.3, 0.4) is 0 Å². The Bertz CT molecular complexity index is 1080. The molecule has 0 bridgehead atoms. The zero-order valence-corrected chi connectivity index (χ0v) is 19.4. The molecule has 0 aliphatic carbocycles. The third-order valence-electron chi connectivity index (χ3n) is 6.08. The van der Waals surface area contributed by atoms with Crippen molar-refractivity contribution in [1.82, 2.24) is 15.0 Å². The maximum Gasteiger partial charge on any atom is 0.276 e. The second kappa shape index (κ2) is 9.57. The van der Waals surface area contributed by atoms with Crippen LogP contribution in [0.2, 0.25) is 0 Å². The lowest BCUT2D eigenvalue weighted by Gasteiger charge is -2.34. The molecule has 1 saturated heterocycles. The summed E-state index contributed by atoms with van der Waals surface area (Å²) < 4.78 is 11.4. The summed E-state index contributed by atoms with van der Waals surface area (Å²) in [4.78, 5) is 17.4. The molecule has 1 amide bonds. The maximum absolute atomic E-state index is 13.2. The van der Waals surface area contributed by atoms with Crippen LogP contribution < -0.4 is 4.74 Å². The van der Waals surface area contributed by atoms with Gasteiger partial charge in [-0.05, 0) is 44.9 Å². The number of rotatable bonds is 6. The summed E-state index contributed by atoms with van der Waals surface area (Å²) in [6.07, 6.45) is 0. The van der Waals surface area contributed by atoms with Gasteiger partial charge in [-0.25, -0.2) is 0 Å². The summed E-state index contributed by atoms with van der Waals surface area (Å²) in [5.41, 5.74) is 5.90. The van der Waals surface area contributed by atoms with Crippen molar-refractivity contribution in [3.63, 3.8) is 0 Å². The van der Waals surface area contributed by atoms with Crippen molar-refractivity contribution in [3.05, 3.63) is 81.7 Å². The van der Waals surface area contributed by atoms with Crippen LogP contribution in [-0.4, -0.2) is 47.0 Å². The first kappa shape index (κ1) is 22.1. The van der Waals surface area contributed by atoms with Gasteiger partial charge in [0.2, 0.25) is 0 Å². The Kier molecular flexibility index (Phi) is 6.61. The van der Waals surface area contributed by atoms with Gasteiger partial charge in [0.1, 0.15) is 18.1 Å². The zero-order chi connectivity index (χ0) is 22.7. The lowest BCUT2D eigenvalue weighted by Crippen LogP contribution is -2.48. The SMILES string of the molecule is Cc1ccc(CN2CCN(C(=O)c3noc(C)c3COc3ccc(C)cc3C)CC2)cc1. The summed E-state index contributed by atoms with van der Waals surface area (Å²) in [5, 5.41) is 4.07. The molecular formula is C26H31N3O3. The Balaban J connectivity index is 1.37. The van der Waals surface area contributed by atoms with Gasteiger partial charge >= 0.3 is 0 Å². The van der Waals surface area contributed by atoms with Crippen LogP contribution in [0.5, 0.6) is 5.75 Å². The van der Waals surface area contributed by atoms with Crippen molar-refractivity contribution < 1.29 is 14.1 Å². The summed E-state index contributed by atoms with van der Waals surface area (Å²) in [5.74, 6) is 1.34. The maximum atomic E-state index is 13.2. The smallest absolute Gasteiger partial charge is 0.276 e. The molecule has 1 fully saturated rings. The van der Waals surface area contributed by atoms with E-state index in [4.69, 9.17) is 9.26 Å². The van der Waals surface area contributed by atoms with Gasteiger partial charge in [-0.1, -0.05) is 52.7 Å². The zero-order valence-electron chi connectivity index (χ0n) is 19.4. The Labute approximate surface area is 189 Å². The van der Waals surface area contributed by atoms with Crippen LogP contribution in [0.15, 0.2) is 47.0 Å². The Morgan fingerprint density at radius 2 is 1.66 bits per heavy atom. The number of nitrogens with zero attached hydrogens (tertiary/aromatic N) is 3. The van der Waals surface area contributed by atoms with Crippen LogP contribution in [0.25, 0.3) is 0 Å². The molecule has 0 saturated carbocycles. The fourth-order valence-corrected chi connectivity index (χ4v) is 4.05. The van der Waals surface area contributed by atoms with E-state index >= 15 is 0 Å². The molecule has 0 radical (unpaired) electrons. The van der Waals surface area contributed by atoms with Gasteiger partial charge in [0, 0.05) is 32.7 Å². The Hall–Kier alpha value is -3.12. The lowest BCUT2D eigenvalue weighted by molar-refractivity contribution is 0.0616. The van der Waals surface area contributed by atoms with E-state index in [1.807, 2.05) is 30.9 Å². The molecule has 3 aromatic rings. The molecule has 1 aliphatic rings. The van der Waals surface area contributed by atoms with Crippen LogP contribution in [0, 0.1) is 27.7 Å². The van der Waals surface area contributed by atoms with Crippen molar-refractivity contribution in [3.8, 4) is 5.75 Å². The van der Waals surface area contributed by atoms with Crippen molar-refractivity contribution in [1.29, 1.82) is 0 Å². The topological polar surface area (TPSA) is 58.8 Å². The summed E-state index contributed by atoms with van der Waals surface area (Å²) >= 11 is 0. The lowest BCUT2D eigenvalue weighted by atomic mass is 10.1. The summed E-state index contributed by atoms with van der Waals surface area (Å²) in [7, 11) is 0. The first-order valence-electron chi connectivity index (χ1n) is 11.1. The number of benzene rings is 2. The molecule has 32 heavy (non-hydrogen) atoms. The number of hydrogen-bond donors (Lipinski definition) is 0. The molecule has 0 atom stereocenters. The van der Waals surface area contributed by atoms with E-state index in [-0.39, 0.29) is 12.5 Å². The molecule has 6 nitrogen and oxygen atoms in total. The minimum absolute atomic E-state index is 0.0870.